The zero-order valence-electron chi connectivity index (χ0n) is 8.11. The Morgan fingerprint density at radius 3 is 3.25 bits per heavy atom. The molecule has 1 aromatic carbocycles. The summed E-state index contributed by atoms with van der Waals surface area (Å²) in [5, 5.41) is 0. The molecule has 0 fully saturated rings. The quantitative estimate of drug-likeness (QED) is 0.791. The number of rotatable bonds is 1. The van der Waals surface area contributed by atoms with Crippen LogP contribution in [0.15, 0.2) is 36.6 Å². The molecule has 2 aromatic rings. The van der Waals surface area contributed by atoms with Crippen molar-refractivity contribution < 1.29 is 22.9 Å². The molecule has 12 heavy (non-hydrogen) atoms. The van der Waals surface area contributed by atoms with E-state index in [2.05, 4.69) is 11.1 Å². The van der Waals surface area contributed by atoms with Gasteiger partial charge in [0.15, 0.2) is 1.41 Å². The molecule has 63 valence electrons. The Bertz CT molecular complexity index is 428. The van der Waals surface area contributed by atoms with Crippen molar-refractivity contribution in [3.05, 3.63) is 42.7 Å². The predicted molar refractivity (Wildman–Crippen MR) is 42.9 cm³/mol. The minimum atomic E-state index is 0. The number of nitrogens with zero attached hydrogens (tertiary/aromatic N) is 1. The van der Waals surface area contributed by atoms with Gasteiger partial charge in [-0.05, 0) is 0 Å². The van der Waals surface area contributed by atoms with Gasteiger partial charge in [0.25, 0.3) is 0 Å². The van der Waals surface area contributed by atoms with Crippen LogP contribution in [0.4, 0.5) is 0 Å². The standard InChI is InChI=1S/C9H7N2.Ir/c1-2-4-8(5-3-1)9-10-6-7-11-9;/h1-4,6-7H,(H,10,11);/q-1;/i2D;/hD. The molecule has 0 saturated carbocycles. The summed E-state index contributed by atoms with van der Waals surface area (Å²) < 4.78 is 14.8. The van der Waals surface area contributed by atoms with E-state index < -0.39 is 0 Å². The third kappa shape index (κ3) is 1.81. The second-order valence-corrected chi connectivity index (χ2v) is 2.08. The maximum Gasteiger partial charge on any atom is 0.155 e. The number of hydrogen-bond acceptors (Lipinski definition) is 1. The molecule has 1 heterocycles. The molecule has 1 radical (unpaired) electrons. The zero-order valence-corrected chi connectivity index (χ0v) is 8.51. The number of benzene rings is 1. The SMILES string of the molecule is [2H]c1cc[c-]c(-c2nccn2[2H])c1.[Ir]. The number of hydrogen-bond donors (Lipinski definition) is 1. The number of H-pyrrole nitrogens is 1. The monoisotopic (exact) mass is 338 g/mol. The van der Waals surface area contributed by atoms with Crippen LogP contribution < -0.4 is 0 Å². The molecule has 2 rings (SSSR count). The molecule has 0 unspecified atom stereocenters. The summed E-state index contributed by atoms with van der Waals surface area (Å²) >= 11 is 0. The van der Waals surface area contributed by atoms with Gasteiger partial charge in [0, 0.05) is 33.9 Å². The molecule has 1 N–H and O–H groups in total. The van der Waals surface area contributed by atoms with Gasteiger partial charge < -0.3 is 4.98 Å². The van der Waals surface area contributed by atoms with Crippen molar-refractivity contribution in [1.82, 2.24) is 9.96 Å². The molecular weight excluding hydrogens is 328 g/mol. The van der Waals surface area contributed by atoms with Crippen molar-refractivity contribution >= 4 is 0 Å². The average Bonchev–Trinajstić information content (AvgIpc) is 2.51. The first-order valence-electron chi connectivity index (χ1n) is 4.23. The largest absolute Gasteiger partial charge is 0.384 e. The fourth-order valence-corrected chi connectivity index (χ4v) is 0.862. The molecule has 0 bridgehead atoms. The second-order valence-electron chi connectivity index (χ2n) is 2.08. The summed E-state index contributed by atoms with van der Waals surface area (Å²) in [6.45, 7) is 0. The van der Waals surface area contributed by atoms with Crippen LogP contribution in [-0.4, -0.2) is 9.96 Å². The van der Waals surface area contributed by atoms with E-state index in [4.69, 9.17) is 2.78 Å². The van der Waals surface area contributed by atoms with Crippen LogP contribution in [-0.2, 0) is 20.1 Å². The molecule has 0 amide bonds. The van der Waals surface area contributed by atoms with Gasteiger partial charge in [-0.15, -0.1) is 35.9 Å². The van der Waals surface area contributed by atoms with Crippen LogP contribution in [0.1, 0.15) is 1.37 Å². The Labute approximate surface area is 87.3 Å². The fourth-order valence-electron chi connectivity index (χ4n) is 0.862. The molecule has 0 saturated heterocycles. The first-order valence-corrected chi connectivity index (χ1v) is 3.28. The molecule has 2 nitrogen and oxygen atoms in total. The normalized spacial score (nSPS) is 11.3. The number of aromatic amines is 1. The van der Waals surface area contributed by atoms with E-state index in [0.29, 0.717) is 17.4 Å². The summed E-state index contributed by atoms with van der Waals surface area (Å²) in [7, 11) is 0. The van der Waals surface area contributed by atoms with Crippen LogP contribution in [0.3, 0.4) is 0 Å². The van der Waals surface area contributed by atoms with Crippen LogP contribution in [0.25, 0.3) is 11.4 Å². The maximum atomic E-state index is 7.43. The first kappa shape index (κ1) is 6.58. The minimum absolute atomic E-state index is 0. The molecule has 0 spiro atoms. The van der Waals surface area contributed by atoms with Gasteiger partial charge >= 0.3 is 0 Å². The maximum absolute atomic E-state index is 7.43. The number of nitrogens with one attached hydrogen (secondary N) is 1. The third-order valence-electron chi connectivity index (χ3n) is 1.35. The number of aromatic nitrogens is 2. The van der Waals surface area contributed by atoms with Crippen molar-refractivity contribution in [2.75, 3.05) is 0 Å². The fraction of sp³-hybridized carbons (Fsp3) is 0. The zero-order chi connectivity index (χ0) is 9.26. The van der Waals surface area contributed by atoms with E-state index in [-0.39, 0.29) is 20.1 Å². The predicted octanol–water partition coefficient (Wildman–Crippen LogP) is 1.87. The molecule has 0 aliphatic carbocycles. The van der Waals surface area contributed by atoms with E-state index in [0.717, 1.165) is 4.98 Å². The van der Waals surface area contributed by atoms with Gasteiger partial charge in [0.1, 0.15) is 0 Å². The Kier molecular flexibility index (Phi) is 2.30. The van der Waals surface area contributed by atoms with E-state index >= 15 is 0 Å². The smallest absolute Gasteiger partial charge is 0.155 e. The summed E-state index contributed by atoms with van der Waals surface area (Å²) in [5.74, 6) is 0.508. The van der Waals surface area contributed by atoms with E-state index in [1.807, 2.05) is 0 Å². The van der Waals surface area contributed by atoms with E-state index in [1.165, 1.54) is 0 Å². The third-order valence-corrected chi connectivity index (χ3v) is 1.35. The Hall–Kier alpha value is -0.921. The molecule has 0 aliphatic heterocycles. The molecule has 0 aliphatic rings. The van der Waals surface area contributed by atoms with Gasteiger partial charge in [-0.3, -0.25) is 4.98 Å². The van der Waals surface area contributed by atoms with Crippen molar-refractivity contribution in [3.8, 4) is 11.4 Å². The van der Waals surface area contributed by atoms with Crippen molar-refractivity contribution in [2.24, 2.45) is 0 Å². The van der Waals surface area contributed by atoms with Crippen molar-refractivity contribution in [2.45, 2.75) is 0 Å². The number of imidazole rings is 1. The van der Waals surface area contributed by atoms with Crippen molar-refractivity contribution in [3.63, 3.8) is 0 Å². The summed E-state index contributed by atoms with van der Waals surface area (Å²) in [6, 6.07) is 8.26. The molecule has 3 heteroatoms. The Morgan fingerprint density at radius 2 is 2.58 bits per heavy atom. The van der Waals surface area contributed by atoms with Crippen LogP contribution in [0.2, 0.25) is 1.41 Å². The topological polar surface area (TPSA) is 28.7 Å². The first-order chi connectivity index (χ1) is 6.27. The minimum Gasteiger partial charge on any atom is -0.384 e. The van der Waals surface area contributed by atoms with Gasteiger partial charge in [-0.1, -0.05) is 0 Å². The van der Waals surface area contributed by atoms with Crippen LogP contribution in [0.5, 0.6) is 0 Å². The van der Waals surface area contributed by atoms with Gasteiger partial charge in [-0.25, -0.2) is 0 Å². The second kappa shape index (κ2) is 4.19. The summed E-state index contributed by atoms with van der Waals surface area (Å²) in [5.41, 5.74) is 0.674. The summed E-state index contributed by atoms with van der Waals surface area (Å²) in [6.07, 6.45) is 3.09. The van der Waals surface area contributed by atoms with Gasteiger partial charge in [0.05, 0.1) is 5.82 Å². The molecule has 1 aromatic heterocycles. The van der Waals surface area contributed by atoms with Gasteiger partial charge in [0.2, 0.25) is 0 Å². The van der Waals surface area contributed by atoms with Crippen LogP contribution >= 0.6 is 0 Å². The molecular formula is C9H7IrN2-. The summed E-state index contributed by atoms with van der Waals surface area (Å²) in [4.78, 5) is 5.15. The van der Waals surface area contributed by atoms with E-state index in [9.17, 15) is 0 Å². The molecule has 0 atom stereocenters. The average molecular weight is 337 g/mol. The Balaban J connectivity index is 0.000000980. The van der Waals surface area contributed by atoms with Crippen molar-refractivity contribution in [1.29, 1.82) is 0 Å². The Morgan fingerprint density at radius 1 is 1.67 bits per heavy atom. The van der Waals surface area contributed by atoms with Crippen LogP contribution in [0, 0.1) is 6.07 Å². The van der Waals surface area contributed by atoms with Gasteiger partial charge in [-0.2, -0.15) is 0 Å². The van der Waals surface area contributed by atoms with E-state index in [1.54, 1.807) is 30.6 Å².